The molecule has 4 heteroatoms. The van der Waals surface area contributed by atoms with Crippen LogP contribution < -0.4 is 9.64 Å². The highest BCUT2D eigenvalue weighted by molar-refractivity contribution is 5.53. The zero-order chi connectivity index (χ0) is 16.8. The molecule has 0 amide bonds. The zero-order valence-electron chi connectivity index (χ0n) is 14.1. The van der Waals surface area contributed by atoms with Gasteiger partial charge in [0.05, 0.1) is 11.6 Å². The van der Waals surface area contributed by atoms with Crippen LogP contribution in [0.5, 0.6) is 5.75 Å². The lowest BCUT2D eigenvalue weighted by molar-refractivity contribution is 0.200. The third-order valence-corrected chi connectivity index (χ3v) is 4.49. The Morgan fingerprint density at radius 3 is 2.38 bits per heavy atom. The molecular weight excluding hydrogens is 298 g/mol. The zero-order valence-corrected chi connectivity index (χ0v) is 14.1. The lowest BCUT2D eigenvalue weighted by atomic mass is 10.1. The monoisotopic (exact) mass is 321 g/mol. The Kier molecular flexibility index (Phi) is 5.35. The molecule has 1 saturated heterocycles. The molecule has 4 nitrogen and oxygen atoms in total. The highest BCUT2D eigenvalue weighted by Crippen LogP contribution is 2.20. The van der Waals surface area contributed by atoms with E-state index in [9.17, 15) is 0 Å². The Balaban J connectivity index is 1.42. The first-order chi connectivity index (χ1) is 11.8. The van der Waals surface area contributed by atoms with E-state index in [4.69, 9.17) is 10.00 Å². The van der Waals surface area contributed by atoms with Crippen molar-refractivity contribution in [1.29, 1.82) is 5.26 Å². The minimum absolute atomic E-state index is 0.662. The summed E-state index contributed by atoms with van der Waals surface area (Å²) in [6, 6.07) is 18.0. The summed E-state index contributed by atoms with van der Waals surface area (Å²) in [7, 11) is 0. The van der Waals surface area contributed by atoms with Gasteiger partial charge in [0.1, 0.15) is 12.4 Å². The quantitative estimate of drug-likeness (QED) is 0.848. The second-order valence-electron chi connectivity index (χ2n) is 6.10. The summed E-state index contributed by atoms with van der Waals surface area (Å²) in [6.07, 6.45) is 0. The number of para-hydroxylation sites is 1. The number of piperazine rings is 1. The predicted molar refractivity (Wildman–Crippen MR) is 96.5 cm³/mol. The van der Waals surface area contributed by atoms with Crippen LogP contribution in [0.3, 0.4) is 0 Å². The van der Waals surface area contributed by atoms with E-state index in [1.54, 1.807) is 12.1 Å². The number of hydrogen-bond acceptors (Lipinski definition) is 4. The maximum Gasteiger partial charge on any atom is 0.119 e. The fraction of sp³-hybridized carbons (Fsp3) is 0.350. The van der Waals surface area contributed by atoms with Crippen molar-refractivity contribution < 1.29 is 4.74 Å². The van der Waals surface area contributed by atoms with Crippen LogP contribution in [-0.2, 0) is 0 Å². The number of benzene rings is 2. The maximum absolute atomic E-state index is 8.79. The number of nitriles is 1. The molecule has 0 spiro atoms. The number of ether oxygens (including phenoxy) is 1. The molecular formula is C20H23N3O. The molecule has 3 rings (SSSR count). The van der Waals surface area contributed by atoms with Crippen LogP contribution >= 0.6 is 0 Å². The van der Waals surface area contributed by atoms with E-state index in [2.05, 4.69) is 47.1 Å². The van der Waals surface area contributed by atoms with Gasteiger partial charge in [0.25, 0.3) is 0 Å². The Labute approximate surface area is 143 Å². The largest absolute Gasteiger partial charge is 0.492 e. The van der Waals surface area contributed by atoms with Crippen molar-refractivity contribution in [2.24, 2.45) is 0 Å². The molecule has 124 valence electrons. The van der Waals surface area contributed by atoms with E-state index < -0.39 is 0 Å². The van der Waals surface area contributed by atoms with E-state index in [0.29, 0.717) is 12.2 Å². The van der Waals surface area contributed by atoms with Gasteiger partial charge in [-0.05, 0) is 42.8 Å². The molecule has 0 unspecified atom stereocenters. The van der Waals surface area contributed by atoms with Crippen LogP contribution in [0.25, 0.3) is 0 Å². The van der Waals surface area contributed by atoms with Crippen LogP contribution in [0.15, 0.2) is 48.5 Å². The summed E-state index contributed by atoms with van der Waals surface area (Å²) in [4.78, 5) is 4.91. The van der Waals surface area contributed by atoms with Crippen LogP contribution in [0, 0.1) is 18.3 Å². The molecule has 0 radical (unpaired) electrons. The van der Waals surface area contributed by atoms with Gasteiger partial charge in [0.2, 0.25) is 0 Å². The van der Waals surface area contributed by atoms with Gasteiger partial charge in [0, 0.05) is 38.4 Å². The first-order valence-electron chi connectivity index (χ1n) is 8.42. The van der Waals surface area contributed by atoms with Gasteiger partial charge in [-0.1, -0.05) is 18.2 Å². The van der Waals surface area contributed by atoms with Crippen LogP contribution in [0.4, 0.5) is 5.69 Å². The van der Waals surface area contributed by atoms with Gasteiger partial charge in [-0.3, -0.25) is 4.90 Å². The number of hydrogen-bond donors (Lipinski definition) is 0. The molecule has 0 aromatic heterocycles. The van der Waals surface area contributed by atoms with Gasteiger partial charge < -0.3 is 9.64 Å². The van der Waals surface area contributed by atoms with E-state index in [-0.39, 0.29) is 0 Å². The van der Waals surface area contributed by atoms with Crippen molar-refractivity contribution in [3.8, 4) is 11.8 Å². The van der Waals surface area contributed by atoms with Crippen molar-refractivity contribution >= 4 is 5.69 Å². The number of nitrogens with zero attached hydrogens (tertiary/aromatic N) is 3. The minimum Gasteiger partial charge on any atom is -0.492 e. The number of aryl methyl sites for hydroxylation is 1. The van der Waals surface area contributed by atoms with Crippen molar-refractivity contribution in [3.63, 3.8) is 0 Å². The highest BCUT2D eigenvalue weighted by atomic mass is 16.5. The molecule has 0 N–H and O–H groups in total. The lowest BCUT2D eigenvalue weighted by Crippen LogP contribution is -2.47. The maximum atomic E-state index is 8.79. The Bertz CT molecular complexity index is 698. The topological polar surface area (TPSA) is 39.5 Å². The Hall–Kier alpha value is -2.51. The molecule has 1 heterocycles. The second kappa shape index (κ2) is 7.85. The highest BCUT2D eigenvalue weighted by Gasteiger charge is 2.17. The molecule has 0 atom stereocenters. The van der Waals surface area contributed by atoms with E-state index in [1.165, 1.54) is 11.3 Å². The Morgan fingerprint density at radius 2 is 1.71 bits per heavy atom. The van der Waals surface area contributed by atoms with E-state index in [1.807, 2.05) is 12.1 Å². The molecule has 2 aromatic carbocycles. The van der Waals surface area contributed by atoms with Crippen LogP contribution in [-0.4, -0.2) is 44.2 Å². The average molecular weight is 321 g/mol. The first-order valence-corrected chi connectivity index (χ1v) is 8.42. The third-order valence-electron chi connectivity index (χ3n) is 4.49. The smallest absolute Gasteiger partial charge is 0.119 e. The molecule has 24 heavy (non-hydrogen) atoms. The molecule has 0 bridgehead atoms. The minimum atomic E-state index is 0.662. The third kappa shape index (κ3) is 4.06. The molecule has 1 aliphatic rings. The van der Waals surface area contributed by atoms with E-state index >= 15 is 0 Å². The fourth-order valence-electron chi connectivity index (χ4n) is 3.05. The normalized spacial score (nSPS) is 15.1. The van der Waals surface area contributed by atoms with Gasteiger partial charge in [-0.15, -0.1) is 0 Å². The molecule has 0 saturated carbocycles. The average Bonchev–Trinajstić information content (AvgIpc) is 2.63. The molecule has 1 fully saturated rings. The summed E-state index contributed by atoms with van der Waals surface area (Å²) < 4.78 is 5.77. The SMILES string of the molecule is Cc1ccccc1N1CCN(CCOc2ccc(C#N)cc2)CC1. The van der Waals surface area contributed by atoms with E-state index in [0.717, 1.165) is 38.5 Å². The van der Waals surface area contributed by atoms with Gasteiger partial charge >= 0.3 is 0 Å². The van der Waals surface area contributed by atoms with Crippen molar-refractivity contribution in [2.45, 2.75) is 6.92 Å². The van der Waals surface area contributed by atoms with Crippen molar-refractivity contribution in [3.05, 3.63) is 59.7 Å². The molecule has 2 aromatic rings. The first kappa shape index (κ1) is 16.4. The van der Waals surface area contributed by atoms with Crippen molar-refractivity contribution in [2.75, 3.05) is 44.2 Å². The van der Waals surface area contributed by atoms with Crippen molar-refractivity contribution in [1.82, 2.24) is 4.90 Å². The summed E-state index contributed by atoms with van der Waals surface area (Å²) in [6.45, 7) is 8.02. The summed E-state index contributed by atoms with van der Waals surface area (Å²) in [5.74, 6) is 0.826. The van der Waals surface area contributed by atoms with Gasteiger partial charge in [0.15, 0.2) is 0 Å². The van der Waals surface area contributed by atoms with Gasteiger partial charge in [-0.2, -0.15) is 5.26 Å². The molecule has 1 aliphatic heterocycles. The number of anilines is 1. The fourth-order valence-corrected chi connectivity index (χ4v) is 3.05. The standard InChI is InChI=1S/C20H23N3O/c1-17-4-2-3-5-20(17)23-12-10-22(11-13-23)14-15-24-19-8-6-18(16-21)7-9-19/h2-9H,10-15H2,1H3. The van der Waals surface area contributed by atoms with Gasteiger partial charge in [-0.25, -0.2) is 0 Å². The van der Waals surface area contributed by atoms with Crippen LogP contribution in [0.1, 0.15) is 11.1 Å². The van der Waals surface area contributed by atoms with Crippen LogP contribution in [0.2, 0.25) is 0 Å². The lowest BCUT2D eigenvalue weighted by Gasteiger charge is -2.36. The number of rotatable bonds is 5. The predicted octanol–water partition coefficient (Wildman–Crippen LogP) is 3.07. The summed E-state index contributed by atoms with van der Waals surface area (Å²) >= 11 is 0. The summed E-state index contributed by atoms with van der Waals surface area (Å²) in [5, 5.41) is 8.79. The molecule has 0 aliphatic carbocycles. The summed E-state index contributed by atoms with van der Waals surface area (Å²) in [5.41, 5.74) is 3.36. The Morgan fingerprint density at radius 1 is 1.00 bits per heavy atom. The second-order valence-corrected chi connectivity index (χ2v) is 6.10.